The summed E-state index contributed by atoms with van der Waals surface area (Å²) in [5.41, 5.74) is 0.618. The molecule has 4 heterocycles. The van der Waals surface area contributed by atoms with Gasteiger partial charge in [-0.3, -0.25) is 4.79 Å². The zero-order chi connectivity index (χ0) is 22.3. The second kappa shape index (κ2) is 7.95. The zero-order valence-electron chi connectivity index (χ0n) is 17.9. The number of aliphatic hydroxyl groups is 1. The van der Waals surface area contributed by atoms with E-state index < -0.39 is 11.5 Å². The third-order valence-corrected chi connectivity index (χ3v) is 6.12. The van der Waals surface area contributed by atoms with Crippen molar-refractivity contribution < 1.29 is 19.2 Å². The number of aromatic nitrogens is 4. The van der Waals surface area contributed by atoms with Gasteiger partial charge in [0.2, 0.25) is 11.5 Å². The molecule has 0 radical (unpaired) electrons. The van der Waals surface area contributed by atoms with E-state index in [0.717, 1.165) is 12.8 Å². The van der Waals surface area contributed by atoms with Crippen LogP contribution < -0.4 is 5.32 Å². The van der Waals surface area contributed by atoms with Gasteiger partial charge in [0.15, 0.2) is 5.76 Å². The molecular formula is C22H24N6O4. The molecule has 0 bridgehead atoms. The van der Waals surface area contributed by atoms with E-state index in [1.807, 2.05) is 12.1 Å². The molecule has 0 spiro atoms. The highest BCUT2D eigenvalue weighted by atomic mass is 16.5. The summed E-state index contributed by atoms with van der Waals surface area (Å²) in [6.45, 7) is 0.455. The fourth-order valence-electron chi connectivity index (χ4n) is 4.02. The van der Waals surface area contributed by atoms with Gasteiger partial charge in [0.25, 0.3) is 5.91 Å². The molecule has 1 aliphatic heterocycles. The molecule has 1 amide bonds. The normalized spacial score (nSPS) is 25.1. The van der Waals surface area contributed by atoms with Crippen LogP contribution in [-0.2, 0) is 15.1 Å². The van der Waals surface area contributed by atoms with Crippen molar-refractivity contribution >= 4 is 11.9 Å². The Balaban J connectivity index is 1.36. The number of methoxy groups -OCH3 is 1. The molecule has 1 aliphatic carbocycles. The molecule has 1 atom stereocenters. The number of hydrogen-bond acceptors (Lipinski definition) is 9. The molecule has 10 nitrogen and oxygen atoms in total. The average Bonchev–Trinajstić information content (AvgIpc) is 3.39. The van der Waals surface area contributed by atoms with Crippen molar-refractivity contribution in [3.8, 4) is 22.8 Å². The van der Waals surface area contributed by atoms with Crippen LogP contribution in [-0.4, -0.2) is 68.9 Å². The number of carbonyl (C=O) groups excluding carboxylic acids is 1. The second-order valence-electron chi connectivity index (χ2n) is 8.26. The molecule has 3 aromatic heterocycles. The van der Waals surface area contributed by atoms with E-state index in [-0.39, 0.29) is 12.2 Å². The number of pyridine rings is 1. The Morgan fingerprint density at radius 3 is 2.66 bits per heavy atom. The lowest BCUT2D eigenvalue weighted by Crippen LogP contribution is -2.40. The fraction of sp³-hybridized carbons (Fsp3) is 0.409. The van der Waals surface area contributed by atoms with Crippen molar-refractivity contribution in [3.63, 3.8) is 0 Å². The Bertz CT molecular complexity index is 1140. The van der Waals surface area contributed by atoms with E-state index in [9.17, 15) is 9.90 Å². The largest absolute Gasteiger partial charge is 0.381 e. The molecular weight excluding hydrogens is 412 g/mol. The molecule has 1 saturated heterocycles. The molecule has 2 aliphatic rings. The third kappa shape index (κ3) is 3.61. The first kappa shape index (κ1) is 20.5. The van der Waals surface area contributed by atoms with Gasteiger partial charge >= 0.3 is 0 Å². The van der Waals surface area contributed by atoms with Gasteiger partial charge in [0.1, 0.15) is 5.69 Å². The number of hydrogen-bond donors (Lipinski definition) is 2. The maximum Gasteiger partial charge on any atom is 0.262 e. The minimum absolute atomic E-state index is 0.123. The van der Waals surface area contributed by atoms with E-state index >= 15 is 0 Å². The predicted octanol–water partition coefficient (Wildman–Crippen LogP) is 1.83. The first-order valence-corrected chi connectivity index (χ1v) is 10.5. The third-order valence-electron chi connectivity index (χ3n) is 6.12. The fourth-order valence-corrected chi connectivity index (χ4v) is 4.02. The Morgan fingerprint density at radius 1 is 1.19 bits per heavy atom. The molecule has 10 heteroatoms. The van der Waals surface area contributed by atoms with Crippen molar-refractivity contribution in [2.45, 2.75) is 37.0 Å². The van der Waals surface area contributed by atoms with E-state index in [2.05, 4.69) is 25.4 Å². The van der Waals surface area contributed by atoms with Crippen LogP contribution in [0.4, 0.5) is 5.95 Å². The van der Waals surface area contributed by atoms with Crippen LogP contribution in [0.3, 0.4) is 0 Å². The predicted molar refractivity (Wildman–Crippen MR) is 114 cm³/mol. The van der Waals surface area contributed by atoms with Gasteiger partial charge in [-0.2, -0.15) is 0 Å². The lowest BCUT2D eigenvalue weighted by atomic mass is 9.89. The molecule has 2 fully saturated rings. The standard InChI is InChI=1S/C22H24N6O4/c1-28-9-7-22(30,20(28)29)19-12-18(27-32-19)16-5-3-4-15(25-16)17-6-8-23-21(26-17)24-13-10-14(11-13)31-2/h3-6,8,12-14,30H,7,9-11H2,1-2H3,(H,23,24,26). The molecule has 5 rings (SSSR count). The van der Waals surface area contributed by atoms with Crippen LogP contribution in [0.15, 0.2) is 41.1 Å². The van der Waals surface area contributed by atoms with E-state index in [1.54, 1.807) is 38.6 Å². The maximum absolute atomic E-state index is 12.3. The first-order chi connectivity index (χ1) is 15.5. The Kier molecular flexibility index (Phi) is 5.10. The summed E-state index contributed by atoms with van der Waals surface area (Å²) >= 11 is 0. The van der Waals surface area contributed by atoms with Gasteiger partial charge < -0.3 is 24.6 Å². The van der Waals surface area contributed by atoms with Gasteiger partial charge in [0.05, 0.1) is 23.2 Å². The number of nitrogens with zero attached hydrogens (tertiary/aromatic N) is 5. The molecule has 3 aromatic rings. The number of nitrogens with one attached hydrogen (secondary N) is 1. The molecule has 0 aromatic carbocycles. The molecule has 166 valence electrons. The summed E-state index contributed by atoms with van der Waals surface area (Å²) in [4.78, 5) is 27.3. The highest BCUT2D eigenvalue weighted by Gasteiger charge is 2.48. The number of rotatable bonds is 6. The molecule has 1 saturated carbocycles. The highest BCUT2D eigenvalue weighted by molar-refractivity contribution is 5.87. The minimum atomic E-state index is -1.69. The SMILES string of the molecule is COC1CC(Nc2nccc(-c3cccc(-c4cc(C5(O)CCN(C)C5=O)on4)n3)n2)C1. The summed E-state index contributed by atoms with van der Waals surface area (Å²) in [6, 6.07) is 9.14. The Morgan fingerprint density at radius 2 is 1.94 bits per heavy atom. The summed E-state index contributed by atoms with van der Waals surface area (Å²) in [5, 5.41) is 18.1. The van der Waals surface area contributed by atoms with Gasteiger partial charge in [-0.1, -0.05) is 11.2 Å². The zero-order valence-corrected chi connectivity index (χ0v) is 17.9. The number of likely N-dealkylation sites (N-methyl/N-ethyl adjacent to an activating group) is 1. The summed E-state index contributed by atoms with van der Waals surface area (Å²) in [5.74, 6) is 0.271. The first-order valence-electron chi connectivity index (χ1n) is 10.5. The summed E-state index contributed by atoms with van der Waals surface area (Å²) in [6.07, 6.45) is 4.10. The quantitative estimate of drug-likeness (QED) is 0.595. The smallest absolute Gasteiger partial charge is 0.262 e. The van der Waals surface area contributed by atoms with Crippen molar-refractivity contribution in [3.05, 3.63) is 42.3 Å². The average molecular weight is 436 g/mol. The van der Waals surface area contributed by atoms with Crippen molar-refractivity contribution in [1.29, 1.82) is 0 Å². The molecule has 2 N–H and O–H groups in total. The highest BCUT2D eigenvalue weighted by Crippen LogP contribution is 2.34. The Hall–Kier alpha value is -3.37. The Labute approximate surface area is 184 Å². The van der Waals surface area contributed by atoms with E-state index in [1.165, 1.54) is 4.90 Å². The maximum atomic E-state index is 12.3. The molecule has 1 unspecified atom stereocenters. The van der Waals surface area contributed by atoms with Gasteiger partial charge in [0, 0.05) is 45.4 Å². The van der Waals surface area contributed by atoms with Crippen LogP contribution in [0.1, 0.15) is 25.0 Å². The monoisotopic (exact) mass is 436 g/mol. The number of carbonyl (C=O) groups is 1. The second-order valence-corrected chi connectivity index (χ2v) is 8.26. The van der Waals surface area contributed by atoms with E-state index in [0.29, 0.717) is 47.4 Å². The van der Waals surface area contributed by atoms with Gasteiger partial charge in [-0.05, 0) is 31.0 Å². The number of anilines is 1. The van der Waals surface area contributed by atoms with Crippen LogP contribution in [0.2, 0.25) is 0 Å². The topological polar surface area (TPSA) is 126 Å². The minimum Gasteiger partial charge on any atom is -0.381 e. The lowest BCUT2D eigenvalue weighted by molar-refractivity contribution is -0.144. The van der Waals surface area contributed by atoms with E-state index in [4.69, 9.17) is 9.26 Å². The number of ether oxygens (including phenoxy) is 1. The van der Waals surface area contributed by atoms with Crippen LogP contribution >= 0.6 is 0 Å². The van der Waals surface area contributed by atoms with Gasteiger partial charge in [-0.15, -0.1) is 0 Å². The summed E-state index contributed by atoms with van der Waals surface area (Å²) in [7, 11) is 3.37. The van der Waals surface area contributed by atoms with Crippen LogP contribution in [0, 0.1) is 0 Å². The molecule has 32 heavy (non-hydrogen) atoms. The van der Waals surface area contributed by atoms with Crippen LogP contribution in [0.25, 0.3) is 22.8 Å². The van der Waals surface area contributed by atoms with Crippen LogP contribution in [0.5, 0.6) is 0 Å². The number of amides is 1. The summed E-state index contributed by atoms with van der Waals surface area (Å²) < 4.78 is 10.6. The van der Waals surface area contributed by atoms with Crippen molar-refractivity contribution in [1.82, 2.24) is 25.0 Å². The van der Waals surface area contributed by atoms with Gasteiger partial charge in [-0.25, -0.2) is 15.0 Å². The number of likely N-dealkylation sites (tertiary alicyclic amines) is 1. The van der Waals surface area contributed by atoms with Crippen molar-refractivity contribution in [2.75, 3.05) is 26.0 Å². The lowest BCUT2D eigenvalue weighted by Gasteiger charge is -2.34. The van der Waals surface area contributed by atoms with Crippen molar-refractivity contribution in [2.24, 2.45) is 0 Å².